The van der Waals surface area contributed by atoms with Gasteiger partial charge >= 0.3 is 18.2 Å². The molecule has 1 saturated carbocycles. The zero-order chi connectivity index (χ0) is 29.2. The molecule has 2 amide bonds. The maximum absolute atomic E-state index is 13.7. The summed E-state index contributed by atoms with van der Waals surface area (Å²) in [7, 11) is 0. The number of benzene rings is 2. The molecule has 0 bridgehead atoms. The summed E-state index contributed by atoms with van der Waals surface area (Å²) in [4.78, 5) is 34.1. The number of halogens is 4. The Bertz CT molecular complexity index is 1100. The number of amides is 2. The highest BCUT2D eigenvalue weighted by molar-refractivity contribution is 6.30. The lowest BCUT2D eigenvalue weighted by atomic mass is 9.89. The monoisotopic (exact) mass is 593 g/mol. The van der Waals surface area contributed by atoms with Crippen LogP contribution in [0.3, 0.4) is 0 Å². The Morgan fingerprint density at radius 2 is 1.56 bits per heavy atom. The number of likely N-dealkylation sites (tertiary alicyclic amines) is 1. The number of carbonyl (C=O) groups excluding carboxylic acids is 2. The minimum atomic E-state index is -5.24. The fourth-order valence-electron chi connectivity index (χ4n) is 5.83. The van der Waals surface area contributed by atoms with Gasteiger partial charge in [-0.2, -0.15) is 13.2 Å². The van der Waals surface area contributed by atoms with E-state index in [1.807, 2.05) is 6.07 Å². The average Bonchev–Trinajstić information content (AvgIpc) is 2.97. The van der Waals surface area contributed by atoms with Crippen molar-refractivity contribution in [3.63, 3.8) is 0 Å². The van der Waals surface area contributed by atoms with Crippen LogP contribution in [0.4, 0.5) is 23.7 Å². The second-order valence-electron chi connectivity index (χ2n) is 11.2. The maximum Gasteiger partial charge on any atom is 0.493 e. The number of anilines is 1. The van der Waals surface area contributed by atoms with Gasteiger partial charge in [0.05, 0.1) is 5.69 Å². The Balaban J connectivity index is 1.39. The van der Waals surface area contributed by atoms with Crippen LogP contribution in [0.15, 0.2) is 54.6 Å². The van der Waals surface area contributed by atoms with E-state index in [1.54, 1.807) is 4.90 Å². The number of alkyl halides is 3. The fraction of sp³-hybridized carbons (Fsp3) is 0.548. The average molecular weight is 594 g/mol. The number of piperidine rings is 1. The standard InChI is InChI=1S/C31H39ClF3N3O3/c32-27-12-14-28(15-13-27)38(41-29(39)31(33,34)35)30(40)37(23-26-10-5-2-6-11-26)19-7-18-36-20-16-25(17-21-36)22-24-8-3-1-4-9-24/h1,3-4,8-9,12-15,25-26H,2,5-7,10-11,16-23H2. The van der Waals surface area contributed by atoms with Gasteiger partial charge in [0, 0.05) is 18.1 Å². The maximum atomic E-state index is 13.7. The molecule has 2 aromatic rings. The summed E-state index contributed by atoms with van der Waals surface area (Å²) < 4.78 is 39.4. The van der Waals surface area contributed by atoms with Crippen molar-refractivity contribution in [2.75, 3.05) is 37.8 Å². The van der Waals surface area contributed by atoms with E-state index in [0.29, 0.717) is 35.5 Å². The van der Waals surface area contributed by atoms with E-state index in [-0.39, 0.29) is 11.6 Å². The van der Waals surface area contributed by atoms with Crippen molar-refractivity contribution >= 4 is 29.3 Å². The van der Waals surface area contributed by atoms with E-state index in [0.717, 1.165) is 71.0 Å². The van der Waals surface area contributed by atoms with Gasteiger partial charge in [-0.15, -0.1) is 5.06 Å². The number of hydroxylamine groups is 1. The third-order valence-electron chi connectivity index (χ3n) is 8.09. The Hall–Kier alpha value is -2.78. The normalized spacial score (nSPS) is 17.3. The zero-order valence-corrected chi connectivity index (χ0v) is 24.1. The van der Waals surface area contributed by atoms with Gasteiger partial charge in [-0.3, -0.25) is 0 Å². The first-order valence-electron chi connectivity index (χ1n) is 14.6. The molecule has 1 saturated heterocycles. The lowest BCUT2D eigenvalue weighted by Gasteiger charge is -2.35. The Kier molecular flexibility index (Phi) is 11.3. The Labute approximate surface area is 245 Å². The second kappa shape index (κ2) is 14.9. The van der Waals surface area contributed by atoms with Crippen LogP contribution in [0.25, 0.3) is 0 Å². The molecule has 0 radical (unpaired) electrons. The molecule has 2 fully saturated rings. The molecule has 0 spiro atoms. The van der Waals surface area contributed by atoms with Crippen LogP contribution < -0.4 is 5.06 Å². The number of rotatable bonds is 9. The van der Waals surface area contributed by atoms with Gasteiger partial charge in [0.2, 0.25) is 0 Å². The van der Waals surface area contributed by atoms with Crippen LogP contribution in [-0.2, 0) is 16.1 Å². The predicted octanol–water partition coefficient (Wildman–Crippen LogP) is 7.51. The van der Waals surface area contributed by atoms with E-state index >= 15 is 0 Å². The Morgan fingerprint density at radius 3 is 2.20 bits per heavy atom. The zero-order valence-electron chi connectivity index (χ0n) is 23.3. The molecule has 2 aliphatic rings. The molecule has 0 aromatic heterocycles. The van der Waals surface area contributed by atoms with Crippen LogP contribution in [0.5, 0.6) is 0 Å². The number of hydrogen-bond donors (Lipinski definition) is 0. The highest BCUT2D eigenvalue weighted by Crippen LogP contribution is 2.28. The van der Waals surface area contributed by atoms with E-state index in [1.165, 1.54) is 29.8 Å². The van der Waals surface area contributed by atoms with Crippen molar-refractivity contribution in [2.45, 2.75) is 64.0 Å². The highest BCUT2D eigenvalue weighted by atomic mass is 35.5. The third kappa shape index (κ3) is 9.64. The second-order valence-corrected chi connectivity index (χ2v) is 11.6. The number of nitrogens with zero attached hydrogens (tertiary/aromatic N) is 3. The highest BCUT2D eigenvalue weighted by Gasteiger charge is 2.44. The number of carbonyl (C=O) groups is 2. The van der Waals surface area contributed by atoms with Gasteiger partial charge in [0.25, 0.3) is 0 Å². The van der Waals surface area contributed by atoms with Crippen LogP contribution in [0, 0.1) is 11.8 Å². The molecule has 1 heterocycles. The van der Waals surface area contributed by atoms with Gasteiger partial charge in [-0.05, 0) is 99.8 Å². The van der Waals surface area contributed by atoms with Gasteiger partial charge in [0.1, 0.15) is 0 Å². The molecule has 1 aliphatic carbocycles. The molecule has 0 N–H and O–H groups in total. The van der Waals surface area contributed by atoms with Crippen molar-refractivity contribution in [3.8, 4) is 0 Å². The van der Waals surface area contributed by atoms with Gasteiger partial charge in [-0.1, -0.05) is 61.2 Å². The molecule has 2 aromatic carbocycles. The third-order valence-corrected chi connectivity index (χ3v) is 8.34. The van der Waals surface area contributed by atoms with Crippen molar-refractivity contribution in [1.29, 1.82) is 0 Å². The molecule has 224 valence electrons. The lowest BCUT2D eigenvalue weighted by Crippen LogP contribution is -2.48. The van der Waals surface area contributed by atoms with E-state index in [2.05, 4.69) is 34.0 Å². The Morgan fingerprint density at radius 1 is 0.902 bits per heavy atom. The molecular formula is C31H39ClF3N3O3. The summed E-state index contributed by atoms with van der Waals surface area (Å²) >= 11 is 5.95. The first-order valence-corrected chi connectivity index (χ1v) is 15.0. The summed E-state index contributed by atoms with van der Waals surface area (Å²) in [5.41, 5.74) is 1.37. The molecule has 0 unspecified atom stereocenters. The SMILES string of the molecule is O=C(N(CCCN1CCC(Cc2ccccc2)CC1)CC1CCCCC1)N(OC(=O)C(F)(F)F)c1ccc(Cl)cc1. The number of hydrogen-bond acceptors (Lipinski definition) is 4. The van der Waals surface area contributed by atoms with Crippen LogP contribution >= 0.6 is 11.6 Å². The molecule has 0 atom stereocenters. The summed E-state index contributed by atoms with van der Waals surface area (Å²) in [5.74, 6) is -1.54. The molecule has 4 rings (SSSR count). The summed E-state index contributed by atoms with van der Waals surface area (Å²) in [6.07, 6.45) is 3.91. The quantitative estimate of drug-likeness (QED) is 0.282. The predicted molar refractivity (Wildman–Crippen MR) is 154 cm³/mol. The summed E-state index contributed by atoms with van der Waals surface area (Å²) in [5, 5.41) is 0.805. The van der Waals surface area contributed by atoms with E-state index < -0.39 is 18.2 Å². The van der Waals surface area contributed by atoms with Crippen LogP contribution in [0.2, 0.25) is 5.02 Å². The van der Waals surface area contributed by atoms with Crippen molar-refractivity contribution < 1.29 is 27.6 Å². The molecule has 10 heteroatoms. The molecule has 41 heavy (non-hydrogen) atoms. The fourth-order valence-corrected chi connectivity index (χ4v) is 5.96. The summed E-state index contributed by atoms with van der Waals surface area (Å²) in [6, 6.07) is 15.3. The molecule has 1 aliphatic heterocycles. The van der Waals surface area contributed by atoms with Gasteiger partial charge < -0.3 is 14.6 Å². The largest absolute Gasteiger partial charge is 0.493 e. The van der Waals surface area contributed by atoms with Crippen LogP contribution in [-0.4, -0.2) is 60.7 Å². The van der Waals surface area contributed by atoms with E-state index in [9.17, 15) is 22.8 Å². The smallest absolute Gasteiger partial charge is 0.323 e. The van der Waals surface area contributed by atoms with Gasteiger partial charge in [-0.25, -0.2) is 9.59 Å². The van der Waals surface area contributed by atoms with Crippen LogP contribution in [0.1, 0.15) is 56.9 Å². The minimum Gasteiger partial charge on any atom is -0.323 e. The first-order chi connectivity index (χ1) is 19.7. The lowest BCUT2D eigenvalue weighted by molar-refractivity contribution is -0.200. The topological polar surface area (TPSA) is 53.1 Å². The van der Waals surface area contributed by atoms with Crippen molar-refractivity contribution in [1.82, 2.24) is 9.80 Å². The van der Waals surface area contributed by atoms with Crippen molar-refractivity contribution in [2.24, 2.45) is 11.8 Å². The number of urea groups is 1. The van der Waals surface area contributed by atoms with Crippen molar-refractivity contribution in [3.05, 3.63) is 65.2 Å². The molecule has 6 nitrogen and oxygen atoms in total. The van der Waals surface area contributed by atoms with Gasteiger partial charge in [0.15, 0.2) is 0 Å². The minimum absolute atomic E-state index is 0.00568. The first kappa shape index (κ1) is 31.2. The molecular weight excluding hydrogens is 555 g/mol. The van der Waals surface area contributed by atoms with E-state index in [4.69, 9.17) is 11.6 Å². The summed E-state index contributed by atoms with van der Waals surface area (Å²) in [6.45, 7) is 3.51.